The van der Waals surface area contributed by atoms with E-state index in [0.29, 0.717) is 25.0 Å². The molecule has 1 fully saturated rings. The number of nitrogens with two attached hydrogens (primary N) is 1. The topological polar surface area (TPSA) is 79.8 Å². The number of hydrogen-bond donors (Lipinski definition) is 2. The van der Waals surface area contributed by atoms with Crippen LogP contribution in [0.15, 0.2) is 34.3 Å². The first kappa shape index (κ1) is 12.8. The zero-order valence-electron chi connectivity index (χ0n) is 11.3. The van der Waals surface area contributed by atoms with E-state index in [-0.39, 0.29) is 5.78 Å². The van der Waals surface area contributed by atoms with Crippen molar-refractivity contribution in [2.24, 2.45) is 15.7 Å². The van der Waals surface area contributed by atoms with Gasteiger partial charge in [0.1, 0.15) is 0 Å². The number of guanidine groups is 1. The van der Waals surface area contributed by atoms with E-state index < -0.39 is 0 Å². The van der Waals surface area contributed by atoms with Crippen LogP contribution in [0.25, 0.3) is 0 Å². The van der Waals surface area contributed by atoms with Crippen molar-refractivity contribution in [2.45, 2.75) is 31.7 Å². The lowest BCUT2D eigenvalue weighted by Crippen LogP contribution is -2.23. The minimum absolute atomic E-state index is 0.219. The molecule has 1 heterocycles. The molecule has 0 spiro atoms. The van der Waals surface area contributed by atoms with E-state index in [1.807, 2.05) is 24.3 Å². The first-order chi connectivity index (χ1) is 9.70. The maximum Gasteiger partial charge on any atom is 0.193 e. The number of Topliss-reactive ketones (excluding diaryl/α,β-unsaturated/α-hetero) is 1. The molecule has 0 atom stereocenters. The molecule has 104 valence electrons. The van der Waals surface area contributed by atoms with Gasteiger partial charge >= 0.3 is 0 Å². The van der Waals surface area contributed by atoms with Crippen molar-refractivity contribution >= 4 is 23.1 Å². The average Bonchev–Trinajstić information content (AvgIpc) is 3.24. The summed E-state index contributed by atoms with van der Waals surface area (Å²) in [6.45, 7) is 0.316. The van der Waals surface area contributed by atoms with E-state index in [1.165, 1.54) is 0 Å². The smallest absolute Gasteiger partial charge is 0.193 e. The van der Waals surface area contributed by atoms with E-state index >= 15 is 0 Å². The molecule has 5 nitrogen and oxygen atoms in total. The summed E-state index contributed by atoms with van der Waals surface area (Å²) in [7, 11) is 0. The number of carbonyl (C=O) groups excluding carboxylic acids is 1. The van der Waals surface area contributed by atoms with Crippen LogP contribution in [0.2, 0.25) is 0 Å². The van der Waals surface area contributed by atoms with E-state index in [0.717, 1.165) is 36.2 Å². The molecule has 0 amide bonds. The fourth-order valence-corrected chi connectivity index (χ4v) is 2.16. The van der Waals surface area contributed by atoms with Gasteiger partial charge in [-0.15, -0.1) is 0 Å². The fraction of sp³-hybridized carbons (Fsp3) is 0.400. The monoisotopic (exact) mass is 270 g/mol. The van der Waals surface area contributed by atoms with Crippen LogP contribution in [0.4, 0.5) is 5.69 Å². The van der Waals surface area contributed by atoms with E-state index in [4.69, 9.17) is 5.73 Å². The Labute approximate surface area is 118 Å². The van der Waals surface area contributed by atoms with Crippen molar-refractivity contribution < 1.29 is 4.79 Å². The number of anilines is 1. The molecule has 3 rings (SSSR count). The number of nitrogens with one attached hydrogen (secondary N) is 1. The van der Waals surface area contributed by atoms with Crippen molar-refractivity contribution in [2.75, 3.05) is 11.9 Å². The lowest BCUT2D eigenvalue weighted by molar-refractivity contribution is -0.117. The molecule has 0 bridgehead atoms. The second-order valence-electron chi connectivity index (χ2n) is 5.25. The number of ketones is 1. The summed E-state index contributed by atoms with van der Waals surface area (Å²) >= 11 is 0. The van der Waals surface area contributed by atoms with Crippen molar-refractivity contribution in [3.8, 4) is 0 Å². The van der Waals surface area contributed by atoms with E-state index in [1.54, 1.807) is 0 Å². The van der Waals surface area contributed by atoms with Gasteiger partial charge in [0.2, 0.25) is 0 Å². The summed E-state index contributed by atoms with van der Waals surface area (Å²) in [5.74, 6) is 0.692. The molecule has 0 radical (unpaired) electrons. The molecule has 5 heteroatoms. The second kappa shape index (κ2) is 5.45. The number of rotatable bonds is 3. The lowest BCUT2D eigenvalue weighted by Gasteiger charge is -2.12. The molecule has 0 unspecified atom stereocenters. The Balaban J connectivity index is 1.66. The molecular weight excluding hydrogens is 252 g/mol. The standard InChI is InChI=1S/C15H18N4O/c16-15(19-12-5-6-12)18-11-3-1-10(2-4-11)14-8-7-13(20)9-17-14/h1-4,12H,5-9H2,(H3,16,18,19). The van der Waals surface area contributed by atoms with Gasteiger partial charge in [0.15, 0.2) is 11.7 Å². The van der Waals surface area contributed by atoms with Crippen molar-refractivity contribution in [3.63, 3.8) is 0 Å². The summed E-state index contributed by atoms with van der Waals surface area (Å²) in [5, 5.41) is 3.08. The van der Waals surface area contributed by atoms with Crippen LogP contribution in [-0.4, -0.2) is 30.0 Å². The predicted octanol–water partition coefficient (Wildman–Crippen LogP) is 1.73. The number of nitrogens with zero attached hydrogens (tertiary/aromatic N) is 2. The predicted molar refractivity (Wildman–Crippen MR) is 80.4 cm³/mol. The van der Waals surface area contributed by atoms with E-state index in [9.17, 15) is 4.79 Å². The highest BCUT2D eigenvalue weighted by Gasteiger charge is 2.20. The van der Waals surface area contributed by atoms with Crippen LogP contribution < -0.4 is 11.1 Å². The summed E-state index contributed by atoms with van der Waals surface area (Å²) in [6.07, 6.45) is 3.61. The molecule has 0 aromatic heterocycles. The van der Waals surface area contributed by atoms with Gasteiger partial charge in [-0.05, 0) is 37.0 Å². The molecule has 20 heavy (non-hydrogen) atoms. The largest absolute Gasteiger partial charge is 0.370 e. The van der Waals surface area contributed by atoms with E-state index in [2.05, 4.69) is 15.3 Å². The Morgan fingerprint density at radius 2 is 2.00 bits per heavy atom. The Bertz CT molecular complexity index is 570. The highest BCUT2D eigenvalue weighted by molar-refractivity contribution is 6.05. The quantitative estimate of drug-likeness (QED) is 0.648. The number of carbonyl (C=O) groups is 1. The van der Waals surface area contributed by atoms with Crippen LogP contribution in [0.3, 0.4) is 0 Å². The molecule has 1 aromatic carbocycles. The van der Waals surface area contributed by atoms with Crippen LogP contribution in [0.5, 0.6) is 0 Å². The van der Waals surface area contributed by atoms with Gasteiger partial charge in [-0.2, -0.15) is 0 Å². The number of hydrogen-bond acceptors (Lipinski definition) is 3. The van der Waals surface area contributed by atoms with Crippen LogP contribution in [0, 0.1) is 0 Å². The van der Waals surface area contributed by atoms with Gasteiger partial charge in [0.25, 0.3) is 0 Å². The van der Waals surface area contributed by atoms with Crippen LogP contribution >= 0.6 is 0 Å². The van der Waals surface area contributed by atoms with Gasteiger partial charge in [-0.25, -0.2) is 4.99 Å². The number of benzene rings is 1. The highest BCUT2D eigenvalue weighted by Crippen LogP contribution is 2.23. The first-order valence-electron chi connectivity index (χ1n) is 6.96. The maximum atomic E-state index is 11.2. The van der Waals surface area contributed by atoms with Crippen molar-refractivity contribution in [3.05, 3.63) is 29.8 Å². The third-order valence-corrected chi connectivity index (χ3v) is 3.45. The molecule has 2 aliphatic rings. The summed E-state index contributed by atoms with van der Waals surface area (Å²) in [5.41, 5.74) is 8.82. The van der Waals surface area contributed by atoms with Gasteiger partial charge in [0, 0.05) is 17.8 Å². The third-order valence-electron chi connectivity index (χ3n) is 3.45. The number of aliphatic imine (C=N–C) groups is 2. The SMILES string of the molecule is NC(=NC1CC1)Nc1ccc(C2=NCC(=O)CC2)cc1. The molecule has 1 aliphatic carbocycles. The Morgan fingerprint density at radius 3 is 2.60 bits per heavy atom. The zero-order valence-corrected chi connectivity index (χ0v) is 11.3. The van der Waals surface area contributed by atoms with Gasteiger partial charge in [-0.3, -0.25) is 9.79 Å². The molecule has 1 saturated carbocycles. The Kier molecular flexibility index (Phi) is 3.50. The molecule has 1 aromatic rings. The summed E-state index contributed by atoms with van der Waals surface area (Å²) in [6, 6.07) is 8.34. The molecule has 0 saturated heterocycles. The minimum Gasteiger partial charge on any atom is -0.370 e. The molecular formula is C15H18N4O. The van der Waals surface area contributed by atoms with Crippen molar-refractivity contribution in [1.29, 1.82) is 0 Å². The fourth-order valence-electron chi connectivity index (χ4n) is 2.16. The normalized spacial score (nSPS) is 19.7. The highest BCUT2D eigenvalue weighted by atomic mass is 16.1. The van der Waals surface area contributed by atoms with Gasteiger partial charge < -0.3 is 11.1 Å². The molecule has 3 N–H and O–H groups in total. The maximum absolute atomic E-state index is 11.2. The third kappa shape index (κ3) is 3.23. The second-order valence-corrected chi connectivity index (χ2v) is 5.25. The first-order valence-corrected chi connectivity index (χ1v) is 6.96. The lowest BCUT2D eigenvalue weighted by atomic mass is 10.0. The summed E-state index contributed by atoms with van der Waals surface area (Å²) in [4.78, 5) is 19.8. The van der Waals surface area contributed by atoms with Gasteiger partial charge in [0.05, 0.1) is 12.6 Å². The zero-order chi connectivity index (χ0) is 13.9. The Morgan fingerprint density at radius 1 is 1.25 bits per heavy atom. The minimum atomic E-state index is 0.219. The van der Waals surface area contributed by atoms with Gasteiger partial charge in [-0.1, -0.05) is 12.1 Å². The average molecular weight is 270 g/mol. The molecule has 1 aliphatic heterocycles. The Hall–Kier alpha value is -2.17. The van der Waals surface area contributed by atoms with Crippen LogP contribution in [-0.2, 0) is 4.79 Å². The summed E-state index contributed by atoms with van der Waals surface area (Å²) < 4.78 is 0. The van der Waals surface area contributed by atoms with Crippen molar-refractivity contribution in [1.82, 2.24) is 0 Å². The van der Waals surface area contributed by atoms with Crippen LogP contribution in [0.1, 0.15) is 31.2 Å².